The minimum atomic E-state index is -4.28. The predicted octanol–water partition coefficient (Wildman–Crippen LogP) is 0.257. The van der Waals surface area contributed by atoms with Crippen molar-refractivity contribution < 1.29 is 24.2 Å². The number of hydrogen-bond acceptors (Lipinski definition) is 4. The van der Waals surface area contributed by atoms with Gasteiger partial charge in [0, 0.05) is 13.5 Å². The van der Waals surface area contributed by atoms with Crippen LogP contribution < -0.4 is 0 Å². The van der Waals surface area contributed by atoms with Crippen LogP contribution in [0.15, 0.2) is 0 Å². The molecule has 6 heteroatoms. The number of aliphatic hydroxyl groups is 2. The van der Waals surface area contributed by atoms with Gasteiger partial charge in [-0.15, -0.1) is 0 Å². The third-order valence-electron chi connectivity index (χ3n) is 1.29. The van der Waals surface area contributed by atoms with Gasteiger partial charge in [0.05, 0.1) is 0 Å². The molecule has 0 bridgehead atoms. The second-order valence-electron chi connectivity index (χ2n) is 2.23. The molecule has 0 saturated carbocycles. The summed E-state index contributed by atoms with van der Waals surface area (Å²) in [7, 11) is -3.33. The first kappa shape index (κ1) is 11.1. The van der Waals surface area contributed by atoms with Crippen LogP contribution in [0, 0.1) is 0 Å². The third-order valence-corrected chi connectivity index (χ3v) is 2.91. The Morgan fingerprint density at radius 2 is 2.00 bits per heavy atom. The van der Waals surface area contributed by atoms with Gasteiger partial charge in [-0.1, -0.05) is 13.3 Å². The van der Waals surface area contributed by atoms with Crippen molar-refractivity contribution in [1.29, 1.82) is 0 Å². The molecule has 3 N–H and O–H groups in total. The zero-order valence-electron chi connectivity index (χ0n) is 6.52. The van der Waals surface area contributed by atoms with Gasteiger partial charge in [0.25, 0.3) is 5.53 Å². The van der Waals surface area contributed by atoms with Crippen molar-refractivity contribution in [1.82, 2.24) is 0 Å². The molecule has 68 valence electrons. The van der Waals surface area contributed by atoms with Gasteiger partial charge < -0.3 is 19.6 Å². The Bertz CT molecular complexity index is 166. The molecule has 0 spiro atoms. The monoisotopic (exact) mass is 184 g/mol. The van der Waals surface area contributed by atoms with Gasteiger partial charge in [0.2, 0.25) is 0 Å². The third kappa shape index (κ3) is 2.54. The Balaban J connectivity index is 4.40. The normalized spacial score (nSPS) is 17.9. The van der Waals surface area contributed by atoms with Crippen LogP contribution in [0.5, 0.6) is 0 Å². The quantitative estimate of drug-likeness (QED) is 0.430. The maximum Gasteiger partial charge on any atom is 0.386 e. The molecular formula is C5H13O5P. The van der Waals surface area contributed by atoms with E-state index >= 15 is 0 Å². The second kappa shape index (κ2) is 3.65. The summed E-state index contributed by atoms with van der Waals surface area (Å²) >= 11 is 0. The van der Waals surface area contributed by atoms with E-state index in [2.05, 4.69) is 4.52 Å². The highest BCUT2D eigenvalue weighted by molar-refractivity contribution is 7.54. The molecule has 0 aromatic heterocycles. The maximum atomic E-state index is 10.8. The zero-order chi connectivity index (χ0) is 9.12. The maximum absolute atomic E-state index is 10.8. The first-order valence-electron chi connectivity index (χ1n) is 3.20. The van der Waals surface area contributed by atoms with Crippen LogP contribution in [0.4, 0.5) is 0 Å². The summed E-state index contributed by atoms with van der Waals surface area (Å²) in [5.41, 5.74) is -2.61. The molecule has 0 fully saturated rings. The summed E-state index contributed by atoms with van der Waals surface area (Å²) in [6, 6.07) is 0. The van der Waals surface area contributed by atoms with Crippen molar-refractivity contribution in [3.05, 3.63) is 0 Å². The highest BCUT2D eigenvalue weighted by Crippen LogP contribution is 2.53. The lowest BCUT2D eigenvalue weighted by Crippen LogP contribution is -2.28. The lowest BCUT2D eigenvalue weighted by Gasteiger charge is -2.24. The van der Waals surface area contributed by atoms with E-state index in [1.807, 2.05) is 0 Å². The molecule has 1 unspecified atom stereocenters. The summed E-state index contributed by atoms with van der Waals surface area (Å²) < 4.78 is 14.9. The van der Waals surface area contributed by atoms with E-state index in [1.165, 1.54) is 0 Å². The second-order valence-corrected chi connectivity index (χ2v) is 4.35. The average molecular weight is 184 g/mol. The Morgan fingerprint density at radius 1 is 1.55 bits per heavy atom. The van der Waals surface area contributed by atoms with Gasteiger partial charge in [-0.2, -0.15) is 0 Å². The van der Waals surface area contributed by atoms with E-state index in [9.17, 15) is 4.57 Å². The number of hydrogen-bond donors (Lipinski definition) is 3. The molecule has 0 aliphatic rings. The molecule has 0 aromatic carbocycles. The van der Waals surface area contributed by atoms with E-state index in [4.69, 9.17) is 15.1 Å². The standard InChI is InChI=1S/C5H13O5P/c1-3-4-5(6,7)11(8,9)10-2/h6-7H,3-4H2,1-2H3,(H,8,9). The Morgan fingerprint density at radius 3 is 2.27 bits per heavy atom. The van der Waals surface area contributed by atoms with Crippen molar-refractivity contribution in [3.8, 4) is 0 Å². The summed E-state index contributed by atoms with van der Waals surface area (Å²) in [6.45, 7) is 1.66. The van der Waals surface area contributed by atoms with Gasteiger partial charge >= 0.3 is 7.60 Å². The van der Waals surface area contributed by atoms with Gasteiger partial charge in [0.1, 0.15) is 0 Å². The molecule has 0 amide bonds. The zero-order valence-corrected chi connectivity index (χ0v) is 7.41. The van der Waals surface area contributed by atoms with Crippen molar-refractivity contribution in [2.24, 2.45) is 0 Å². The fraction of sp³-hybridized carbons (Fsp3) is 1.00. The first-order valence-corrected chi connectivity index (χ1v) is 4.78. The predicted molar refractivity (Wildman–Crippen MR) is 38.9 cm³/mol. The van der Waals surface area contributed by atoms with E-state index in [-0.39, 0.29) is 6.42 Å². The Labute approximate surface area is 65.2 Å². The van der Waals surface area contributed by atoms with E-state index in [0.29, 0.717) is 6.42 Å². The summed E-state index contributed by atoms with van der Waals surface area (Å²) in [5.74, 6) is 0. The van der Waals surface area contributed by atoms with E-state index < -0.39 is 13.1 Å². The van der Waals surface area contributed by atoms with Crippen molar-refractivity contribution in [3.63, 3.8) is 0 Å². The Kier molecular flexibility index (Phi) is 3.67. The fourth-order valence-corrected chi connectivity index (χ4v) is 1.42. The minimum Gasteiger partial charge on any atom is -0.356 e. The van der Waals surface area contributed by atoms with Crippen LogP contribution in [-0.2, 0) is 9.09 Å². The van der Waals surface area contributed by atoms with Crippen LogP contribution in [0.2, 0.25) is 0 Å². The summed E-state index contributed by atoms with van der Waals surface area (Å²) in [5, 5.41) is 17.9. The van der Waals surface area contributed by atoms with E-state index in [0.717, 1.165) is 7.11 Å². The molecule has 0 aliphatic carbocycles. The van der Waals surface area contributed by atoms with Crippen molar-refractivity contribution >= 4 is 7.60 Å². The minimum absolute atomic E-state index is 0.186. The van der Waals surface area contributed by atoms with Crippen LogP contribution in [0.3, 0.4) is 0 Å². The number of rotatable bonds is 4. The molecule has 11 heavy (non-hydrogen) atoms. The first-order chi connectivity index (χ1) is 4.87. The highest BCUT2D eigenvalue weighted by atomic mass is 31.2. The van der Waals surface area contributed by atoms with Crippen molar-refractivity contribution in [2.75, 3.05) is 7.11 Å². The molecular weight excluding hydrogens is 171 g/mol. The fourth-order valence-electron chi connectivity index (χ4n) is 0.623. The molecule has 5 nitrogen and oxygen atoms in total. The Hall–Kier alpha value is 0.0700. The molecule has 1 atom stereocenters. The van der Waals surface area contributed by atoms with Gasteiger partial charge in [-0.25, -0.2) is 0 Å². The topological polar surface area (TPSA) is 87.0 Å². The molecule has 0 heterocycles. The van der Waals surface area contributed by atoms with E-state index in [1.54, 1.807) is 6.92 Å². The lowest BCUT2D eigenvalue weighted by molar-refractivity contribution is -0.110. The van der Waals surface area contributed by atoms with Crippen LogP contribution in [0.25, 0.3) is 0 Å². The lowest BCUT2D eigenvalue weighted by atomic mass is 10.3. The van der Waals surface area contributed by atoms with Crippen molar-refractivity contribution in [2.45, 2.75) is 25.3 Å². The van der Waals surface area contributed by atoms with Gasteiger partial charge in [-0.05, 0) is 0 Å². The summed E-state index contributed by atoms with van der Waals surface area (Å²) in [4.78, 5) is 8.82. The molecule has 0 rings (SSSR count). The average Bonchev–Trinajstić information content (AvgIpc) is 1.87. The molecule has 0 aromatic rings. The highest BCUT2D eigenvalue weighted by Gasteiger charge is 2.44. The van der Waals surface area contributed by atoms with Gasteiger partial charge in [-0.3, -0.25) is 4.57 Å². The molecule has 0 aliphatic heterocycles. The van der Waals surface area contributed by atoms with Crippen LogP contribution in [-0.4, -0.2) is 27.7 Å². The smallest absolute Gasteiger partial charge is 0.356 e. The van der Waals surface area contributed by atoms with Crippen LogP contribution in [0.1, 0.15) is 19.8 Å². The van der Waals surface area contributed by atoms with Crippen LogP contribution >= 0.6 is 7.60 Å². The van der Waals surface area contributed by atoms with Gasteiger partial charge in [0.15, 0.2) is 0 Å². The molecule has 0 saturated heterocycles. The molecule has 0 radical (unpaired) electrons. The SMILES string of the molecule is CCCC(O)(O)P(=O)(O)OC. The largest absolute Gasteiger partial charge is 0.386 e. The summed E-state index contributed by atoms with van der Waals surface area (Å²) in [6.07, 6.45) is 0.204.